The van der Waals surface area contributed by atoms with E-state index in [9.17, 15) is 27.9 Å². The normalized spacial score (nSPS) is 17.2. The van der Waals surface area contributed by atoms with Crippen LogP contribution in [0.15, 0.2) is 11.4 Å². The Bertz CT molecular complexity index is 987. The summed E-state index contributed by atoms with van der Waals surface area (Å²) in [7, 11) is 1.41. The molecule has 2 aromatic heterocycles. The zero-order valence-corrected chi connectivity index (χ0v) is 18.6. The zero-order chi connectivity index (χ0) is 23.6. The second-order valence-corrected chi connectivity index (χ2v) is 8.58. The van der Waals surface area contributed by atoms with Gasteiger partial charge in [-0.1, -0.05) is 0 Å². The van der Waals surface area contributed by atoms with Crippen LogP contribution < -0.4 is 15.5 Å². The smallest absolute Gasteiger partial charge is 0.417 e. The van der Waals surface area contributed by atoms with Gasteiger partial charge in [0.05, 0.1) is 33.5 Å². The Morgan fingerprint density at radius 3 is 2.53 bits per heavy atom. The molecular weight excluding hydrogens is 449 g/mol. The number of aromatic nitrogens is 1. The van der Waals surface area contributed by atoms with Gasteiger partial charge >= 0.3 is 12.3 Å². The van der Waals surface area contributed by atoms with E-state index in [1.807, 2.05) is 0 Å². The molecule has 0 aromatic carbocycles. The molecule has 0 spiro atoms. The molecule has 2 aromatic rings. The fraction of sp³-hybridized carbons (Fsp3) is 0.550. The first-order chi connectivity index (χ1) is 15.0. The number of carbonyl (C=O) groups is 2. The average Bonchev–Trinajstić information content (AvgIpc) is 3.16. The molecule has 1 aliphatic heterocycles. The number of rotatable bonds is 5. The van der Waals surface area contributed by atoms with Crippen molar-refractivity contribution in [1.29, 1.82) is 0 Å². The standard InChI is InChI=1S/C20H25F3N4O4S/c1-10(11(2)28)25-19(30)31-12-4-6-27(7-5-12)15-8-14(20(21,22)23)17-16(26-15)13(9-32-17)18(29)24-3/h8-12,28H,4-7H2,1-3H3,(H,24,29)(H,25,30)/t10-,11+/m0/s1. The van der Waals surface area contributed by atoms with E-state index in [0.29, 0.717) is 25.9 Å². The van der Waals surface area contributed by atoms with Crippen molar-refractivity contribution in [2.75, 3.05) is 25.0 Å². The number of anilines is 1. The number of nitrogens with one attached hydrogen (secondary N) is 2. The lowest BCUT2D eigenvalue weighted by molar-refractivity contribution is -0.136. The fourth-order valence-electron chi connectivity index (χ4n) is 3.36. The van der Waals surface area contributed by atoms with Crippen molar-refractivity contribution in [2.24, 2.45) is 0 Å². The minimum Gasteiger partial charge on any atom is -0.446 e. The van der Waals surface area contributed by atoms with Gasteiger partial charge in [0, 0.05) is 38.4 Å². The summed E-state index contributed by atoms with van der Waals surface area (Å²) in [5.74, 6) is -0.377. The summed E-state index contributed by atoms with van der Waals surface area (Å²) in [6, 6.07) is 0.532. The third-order valence-corrected chi connectivity index (χ3v) is 6.40. The van der Waals surface area contributed by atoms with Crippen molar-refractivity contribution < 1.29 is 32.6 Å². The number of nitrogens with zero attached hydrogens (tertiary/aromatic N) is 2. The Balaban J connectivity index is 1.77. The van der Waals surface area contributed by atoms with Gasteiger partial charge < -0.3 is 25.4 Å². The summed E-state index contributed by atoms with van der Waals surface area (Å²) in [5.41, 5.74) is -0.714. The summed E-state index contributed by atoms with van der Waals surface area (Å²) in [4.78, 5) is 30.1. The van der Waals surface area contributed by atoms with Crippen molar-refractivity contribution in [2.45, 2.75) is 51.1 Å². The fourth-order valence-corrected chi connectivity index (χ4v) is 4.38. The number of aliphatic hydroxyl groups is 1. The number of hydrogen-bond acceptors (Lipinski definition) is 7. The highest BCUT2D eigenvalue weighted by Gasteiger charge is 2.36. The van der Waals surface area contributed by atoms with E-state index in [-0.39, 0.29) is 21.6 Å². The Hall–Kier alpha value is -2.60. The SMILES string of the molecule is CNC(=O)c1csc2c(C(F)(F)F)cc(N3CCC(OC(=O)N[C@@H](C)[C@@H](C)O)CC3)nc12. The van der Waals surface area contributed by atoms with Gasteiger partial charge in [-0.05, 0) is 19.9 Å². The maximum absolute atomic E-state index is 13.7. The summed E-state index contributed by atoms with van der Waals surface area (Å²) >= 11 is 0.836. The quantitative estimate of drug-likeness (QED) is 0.615. The number of amides is 2. The van der Waals surface area contributed by atoms with E-state index in [1.165, 1.54) is 12.4 Å². The van der Waals surface area contributed by atoms with Crippen LogP contribution in [-0.4, -0.2) is 60.5 Å². The number of aliphatic hydroxyl groups excluding tert-OH is 1. The largest absolute Gasteiger partial charge is 0.446 e. The molecule has 176 valence electrons. The molecule has 32 heavy (non-hydrogen) atoms. The monoisotopic (exact) mass is 474 g/mol. The first-order valence-electron chi connectivity index (χ1n) is 10.1. The maximum Gasteiger partial charge on any atom is 0.417 e. The lowest BCUT2D eigenvalue weighted by atomic mass is 10.1. The van der Waals surface area contributed by atoms with Crippen LogP contribution in [0.2, 0.25) is 0 Å². The van der Waals surface area contributed by atoms with E-state index in [1.54, 1.807) is 18.7 Å². The Kier molecular flexibility index (Phi) is 7.13. The number of piperidine rings is 1. The van der Waals surface area contributed by atoms with Gasteiger partial charge in [-0.25, -0.2) is 9.78 Å². The van der Waals surface area contributed by atoms with Crippen molar-refractivity contribution in [1.82, 2.24) is 15.6 Å². The van der Waals surface area contributed by atoms with Crippen molar-refractivity contribution in [3.05, 3.63) is 22.6 Å². The topological polar surface area (TPSA) is 104 Å². The number of ether oxygens (including phenoxy) is 1. The lowest BCUT2D eigenvalue weighted by Crippen LogP contribution is -2.44. The molecule has 3 N–H and O–H groups in total. The molecule has 1 aliphatic rings. The van der Waals surface area contributed by atoms with Crippen LogP contribution in [0.1, 0.15) is 42.6 Å². The molecule has 2 amide bonds. The molecule has 0 saturated carbocycles. The van der Waals surface area contributed by atoms with Crippen molar-refractivity contribution in [3.8, 4) is 0 Å². The van der Waals surface area contributed by atoms with Crippen LogP contribution in [-0.2, 0) is 10.9 Å². The Morgan fingerprint density at radius 1 is 1.31 bits per heavy atom. The minimum atomic E-state index is -4.60. The first-order valence-corrected chi connectivity index (χ1v) is 11.0. The van der Waals surface area contributed by atoms with Crippen LogP contribution in [0.3, 0.4) is 0 Å². The molecule has 3 rings (SSSR count). The number of carbonyl (C=O) groups excluding carboxylic acids is 2. The summed E-state index contributed by atoms with van der Waals surface area (Å²) in [6.45, 7) is 3.86. The van der Waals surface area contributed by atoms with Gasteiger partial charge in [0.2, 0.25) is 0 Å². The average molecular weight is 475 g/mol. The van der Waals surface area contributed by atoms with E-state index < -0.39 is 42.0 Å². The molecule has 3 heterocycles. The van der Waals surface area contributed by atoms with Gasteiger partial charge in [-0.2, -0.15) is 13.2 Å². The highest BCUT2D eigenvalue weighted by Crippen LogP contribution is 2.40. The molecule has 1 fully saturated rings. The molecule has 8 nitrogen and oxygen atoms in total. The Morgan fingerprint density at radius 2 is 1.97 bits per heavy atom. The van der Waals surface area contributed by atoms with Gasteiger partial charge in [0.25, 0.3) is 5.91 Å². The summed E-state index contributed by atoms with van der Waals surface area (Å²) in [5, 5.41) is 15.8. The van der Waals surface area contributed by atoms with E-state index in [2.05, 4.69) is 15.6 Å². The number of halogens is 3. The molecule has 0 unspecified atom stereocenters. The van der Waals surface area contributed by atoms with Gasteiger partial charge in [-0.15, -0.1) is 11.3 Å². The third kappa shape index (κ3) is 5.23. The van der Waals surface area contributed by atoms with Crippen LogP contribution in [0, 0.1) is 0 Å². The summed E-state index contributed by atoms with van der Waals surface area (Å²) in [6.07, 6.45) is -5.57. The second-order valence-electron chi connectivity index (χ2n) is 7.70. The van der Waals surface area contributed by atoms with E-state index >= 15 is 0 Å². The first kappa shape index (κ1) is 24.1. The number of thiophene rings is 1. The van der Waals surface area contributed by atoms with E-state index in [0.717, 1.165) is 17.4 Å². The maximum atomic E-state index is 13.7. The molecule has 1 saturated heterocycles. The van der Waals surface area contributed by atoms with Crippen LogP contribution >= 0.6 is 11.3 Å². The summed E-state index contributed by atoms with van der Waals surface area (Å²) < 4.78 is 46.4. The molecule has 0 bridgehead atoms. The number of fused-ring (bicyclic) bond motifs is 1. The molecule has 2 atom stereocenters. The molecule has 0 radical (unpaired) electrons. The lowest BCUT2D eigenvalue weighted by Gasteiger charge is -2.33. The van der Waals surface area contributed by atoms with Crippen LogP contribution in [0.25, 0.3) is 10.2 Å². The third-order valence-electron chi connectivity index (χ3n) is 5.40. The number of hydrogen-bond donors (Lipinski definition) is 3. The minimum absolute atomic E-state index is 0.0176. The Labute approximate surface area is 186 Å². The number of alkyl carbamates (subject to hydrolysis) is 1. The second kappa shape index (κ2) is 9.49. The molecule has 12 heteroatoms. The van der Waals surface area contributed by atoms with E-state index in [4.69, 9.17) is 4.74 Å². The zero-order valence-electron chi connectivity index (χ0n) is 17.8. The van der Waals surface area contributed by atoms with Crippen molar-refractivity contribution in [3.63, 3.8) is 0 Å². The van der Waals surface area contributed by atoms with Gasteiger partial charge in [-0.3, -0.25) is 4.79 Å². The van der Waals surface area contributed by atoms with Crippen LogP contribution in [0.4, 0.5) is 23.8 Å². The molecular formula is C20H25F3N4O4S. The highest BCUT2D eigenvalue weighted by atomic mass is 32.1. The van der Waals surface area contributed by atoms with Gasteiger partial charge in [0.1, 0.15) is 11.9 Å². The predicted octanol–water partition coefficient (Wildman–Crippen LogP) is 3.14. The number of alkyl halides is 3. The number of pyridine rings is 1. The molecule has 0 aliphatic carbocycles. The predicted molar refractivity (Wildman–Crippen MR) is 114 cm³/mol. The highest BCUT2D eigenvalue weighted by molar-refractivity contribution is 7.17. The van der Waals surface area contributed by atoms with Crippen LogP contribution in [0.5, 0.6) is 0 Å². The van der Waals surface area contributed by atoms with Gasteiger partial charge in [0.15, 0.2) is 0 Å². The van der Waals surface area contributed by atoms with Crippen molar-refractivity contribution >= 4 is 39.4 Å².